The van der Waals surface area contributed by atoms with Gasteiger partial charge in [0.25, 0.3) is 5.91 Å². The van der Waals surface area contributed by atoms with Gasteiger partial charge in [0, 0.05) is 6.42 Å². The zero-order chi connectivity index (χ0) is 25.8. The van der Waals surface area contributed by atoms with Gasteiger partial charge in [-0.1, -0.05) is 29.8 Å². The highest BCUT2D eigenvalue weighted by atomic mass is 32.2. The van der Waals surface area contributed by atoms with Crippen molar-refractivity contribution in [3.05, 3.63) is 81.6 Å². The lowest BCUT2D eigenvalue weighted by molar-refractivity contribution is -0.114. The first-order valence-electron chi connectivity index (χ1n) is 11.6. The van der Waals surface area contributed by atoms with E-state index in [4.69, 9.17) is 19.6 Å². The number of rotatable bonds is 9. The van der Waals surface area contributed by atoms with Crippen molar-refractivity contribution in [3.8, 4) is 17.2 Å². The predicted octanol–water partition coefficient (Wildman–Crippen LogP) is 5.58. The number of amidine groups is 2. The van der Waals surface area contributed by atoms with E-state index in [1.165, 1.54) is 22.3 Å². The number of amides is 1. The van der Waals surface area contributed by atoms with Gasteiger partial charge in [-0.3, -0.25) is 10.2 Å². The molecule has 2 aliphatic rings. The molecule has 0 unspecified atom stereocenters. The highest BCUT2D eigenvalue weighted by Gasteiger charge is 2.36. The number of carbonyl (C=O) groups is 1. The van der Waals surface area contributed by atoms with Gasteiger partial charge < -0.3 is 14.2 Å². The van der Waals surface area contributed by atoms with Gasteiger partial charge in [-0.15, -0.1) is 11.3 Å². The van der Waals surface area contributed by atoms with E-state index in [1.54, 1.807) is 36.7 Å². The fraction of sp³-hybridized carbons (Fsp3) is 0.185. The highest BCUT2D eigenvalue weighted by Crippen LogP contribution is 2.33. The van der Waals surface area contributed by atoms with Crippen LogP contribution in [0.3, 0.4) is 0 Å². The zero-order valence-corrected chi connectivity index (χ0v) is 21.9. The van der Waals surface area contributed by atoms with E-state index in [2.05, 4.69) is 10.1 Å². The third kappa shape index (κ3) is 5.60. The molecular formula is C27H24N4O4S2. The number of hydrogen-bond donors (Lipinski definition) is 1. The summed E-state index contributed by atoms with van der Waals surface area (Å²) in [6.45, 7) is 3.03. The summed E-state index contributed by atoms with van der Waals surface area (Å²) in [5, 5.41) is 17.6. The van der Waals surface area contributed by atoms with Crippen molar-refractivity contribution in [2.75, 3.05) is 20.3 Å². The minimum Gasteiger partial charge on any atom is -0.493 e. The third-order valence-electron chi connectivity index (χ3n) is 5.52. The lowest BCUT2D eigenvalue weighted by Crippen LogP contribution is -2.35. The molecule has 1 amide bonds. The van der Waals surface area contributed by atoms with Gasteiger partial charge in [-0.05, 0) is 66.0 Å². The number of nitrogens with one attached hydrogen (secondary N) is 1. The molecule has 10 heteroatoms. The van der Waals surface area contributed by atoms with Crippen LogP contribution in [0.25, 0.3) is 6.08 Å². The van der Waals surface area contributed by atoms with Crippen molar-refractivity contribution in [3.63, 3.8) is 0 Å². The first-order valence-corrected chi connectivity index (χ1v) is 13.3. The van der Waals surface area contributed by atoms with Crippen LogP contribution in [0, 0.1) is 12.3 Å². The number of hydrazone groups is 1. The van der Waals surface area contributed by atoms with Gasteiger partial charge in [0.05, 0.1) is 30.8 Å². The van der Waals surface area contributed by atoms with Crippen LogP contribution < -0.4 is 14.2 Å². The maximum Gasteiger partial charge on any atom is 0.283 e. The third-order valence-corrected chi connectivity index (χ3v) is 7.47. The van der Waals surface area contributed by atoms with Crippen molar-refractivity contribution in [2.45, 2.75) is 13.3 Å². The Morgan fingerprint density at radius 2 is 1.86 bits per heavy atom. The number of nitrogens with zero attached hydrogens (tertiary/aromatic N) is 3. The van der Waals surface area contributed by atoms with E-state index >= 15 is 0 Å². The Balaban J connectivity index is 1.23. The molecule has 0 atom stereocenters. The summed E-state index contributed by atoms with van der Waals surface area (Å²) in [5.41, 5.74) is 2.04. The number of fused-ring (bicyclic) bond motifs is 1. The summed E-state index contributed by atoms with van der Waals surface area (Å²) in [5.74, 6) is 1.47. The first kappa shape index (κ1) is 24.8. The van der Waals surface area contributed by atoms with Crippen LogP contribution in [0.4, 0.5) is 0 Å². The number of hydrogen-bond acceptors (Lipinski definition) is 8. The Hall–Kier alpha value is -3.89. The molecule has 3 aromatic rings. The Morgan fingerprint density at radius 1 is 1.05 bits per heavy atom. The Bertz CT molecular complexity index is 1410. The summed E-state index contributed by atoms with van der Waals surface area (Å²) in [7, 11) is 1.56. The van der Waals surface area contributed by atoms with Crippen LogP contribution in [0.1, 0.15) is 22.4 Å². The minimum absolute atomic E-state index is 0.0121. The predicted molar refractivity (Wildman–Crippen MR) is 148 cm³/mol. The summed E-state index contributed by atoms with van der Waals surface area (Å²) >= 11 is 2.84. The minimum atomic E-state index is -0.473. The van der Waals surface area contributed by atoms with Crippen molar-refractivity contribution < 1.29 is 19.0 Å². The first-order chi connectivity index (χ1) is 18.0. The molecule has 0 aliphatic carbocycles. The van der Waals surface area contributed by atoms with Crippen LogP contribution >= 0.6 is 23.1 Å². The zero-order valence-electron chi connectivity index (χ0n) is 20.3. The molecule has 2 aliphatic heterocycles. The second-order valence-electron chi connectivity index (χ2n) is 8.18. The van der Waals surface area contributed by atoms with Crippen LogP contribution in [0.2, 0.25) is 0 Å². The van der Waals surface area contributed by atoms with Crippen LogP contribution in [-0.2, 0) is 4.79 Å². The quantitative estimate of drug-likeness (QED) is 0.285. The molecule has 1 aromatic heterocycles. The van der Waals surface area contributed by atoms with Gasteiger partial charge in [0.1, 0.15) is 10.8 Å². The summed E-state index contributed by atoms with van der Waals surface area (Å²) in [4.78, 5) is 17.9. The van der Waals surface area contributed by atoms with E-state index < -0.39 is 5.91 Å². The normalized spacial score (nSPS) is 15.9. The molecule has 1 N–H and O–H groups in total. The number of benzene rings is 2. The molecule has 8 nitrogen and oxygen atoms in total. The van der Waals surface area contributed by atoms with Crippen molar-refractivity contribution in [1.29, 1.82) is 5.41 Å². The van der Waals surface area contributed by atoms with Gasteiger partial charge in [0.15, 0.2) is 17.3 Å². The maximum atomic E-state index is 12.7. The summed E-state index contributed by atoms with van der Waals surface area (Å²) < 4.78 is 17.1. The molecule has 5 rings (SSSR count). The molecule has 0 saturated heterocycles. The number of thioether (sulfide) groups is 1. The second-order valence-corrected chi connectivity index (χ2v) is 10.1. The van der Waals surface area contributed by atoms with E-state index in [1.807, 2.05) is 54.8 Å². The largest absolute Gasteiger partial charge is 0.493 e. The molecule has 188 valence electrons. The van der Waals surface area contributed by atoms with Crippen molar-refractivity contribution in [2.24, 2.45) is 10.1 Å². The monoisotopic (exact) mass is 532 g/mol. The number of aryl methyl sites for hydroxylation is 1. The highest BCUT2D eigenvalue weighted by molar-refractivity contribution is 8.27. The second kappa shape index (κ2) is 11.0. The van der Waals surface area contributed by atoms with Crippen LogP contribution in [0.15, 0.2) is 75.6 Å². The molecule has 0 saturated carbocycles. The van der Waals surface area contributed by atoms with Gasteiger partial charge in [-0.2, -0.15) is 15.1 Å². The summed E-state index contributed by atoms with van der Waals surface area (Å²) in [6.07, 6.45) is 2.33. The Morgan fingerprint density at radius 3 is 2.62 bits per heavy atom. The average Bonchev–Trinajstić information content (AvgIpc) is 3.58. The average molecular weight is 533 g/mol. The van der Waals surface area contributed by atoms with E-state index in [0.717, 1.165) is 15.7 Å². The SMILES string of the molecule is COc1cc(C=C2C(=N)N3N=C(c4cccs4)SC3=NC2=O)ccc1OCCCOc1ccc(C)cc1. The summed E-state index contributed by atoms with van der Waals surface area (Å²) in [6, 6.07) is 17.2. The van der Waals surface area contributed by atoms with E-state index in [0.29, 0.717) is 41.9 Å². The standard InChI is InChI=1S/C27H24N4O4S2/c1-17-6-9-19(10-7-17)34-12-4-13-35-21-11-8-18(16-22(21)33-2)15-20-24(28)31-27(29-25(20)32)37-26(30-31)23-5-3-14-36-23/h3,5-11,14-16,28H,4,12-13H2,1-2H3. The molecule has 0 spiro atoms. The number of ether oxygens (including phenoxy) is 3. The molecule has 3 heterocycles. The lowest BCUT2D eigenvalue weighted by Gasteiger charge is -2.20. The molecule has 0 radical (unpaired) electrons. The van der Waals surface area contributed by atoms with Crippen LogP contribution in [-0.4, -0.2) is 47.3 Å². The van der Waals surface area contributed by atoms with Crippen molar-refractivity contribution >= 4 is 51.1 Å². The molecular weight excluding hydrogens is 508 g/mol. The number of carbonyl (C=O) groups excluding carboxylic acids is 1. The lowest BCUT2D eigenvalue weighted by atomic mass is 10.1. The molecule has 0 fully saturated rings. The van der Waals surface area contributed by atoms with Gasteiger partial charge in [0.2, 0.25) is 5.17 Å². The fourth-order valence-corrected chi connectivity index (χ4v) is 5.30. The Kier molecular flexibility index (Phi) is 7.38. The van der Waals surface area contributed by atoms with Gasteiger partial charge in [-0.25, -0.2) is 0 Å². The fourth-order valence-electron chi connectivity index (χ4n) is 3.62. The smallest absolute Gasteiger partial charge is 0.283 e. The van der Waals surface area contributed by atoms with E-state index in [-0.39, 0.29) is 11.4 Å². The number of aliphatic imine (C=N–C) groups is 1. The van der Waals surface area contributed by atoms with Crippen molar-refractivity contribution in [1.82, 2.24) is 5.01 Å². The maximum absolute atomic E-state index is 12.7. The number of methoxy groups -OCH3 is 1. The Labute approximate surface area is 222 Å². The number of thiophene rings is 1. The molecule has 2 aromatic carbocycles. The van der Waals surface area contributed by atoms with Gasteiger partial charge >= 0.3 is 0 Å². The molecule has 0 bridgehead atoms. The molecule has 37 heavy (non-hydrogen) atoms. The van der Waals surface area contributed by atoms with E-state index in [9.17, 15) is 4.79 Å². The van der Waals surface area contributed by atoms with Crippen LogP contribution in [0.5, 0.6) is 17.2 Å². The topological polar surface area (TPSA) is 96.6 Å².